The molecule has 0 aliphatic carbocycles. The van der Waals surface area contributed by atoms with Gasteiger partial charge in [-0.2, -0.15) is 0 Å². The number of benzene rings is 1. The van der Waals surface area contributed by atoms with Crippen LogP contribution in [-0.4, -0.2) is 47.6 Å². The minimum Gasteiger partial charge on any atom is -0.496 e. The third-order valence-electron chi connectivity index (χ3n) is 5.80. The third kappa shape index (κ3) is 3.78. The fourth-order valence-electron chi connectivity index (χ4n) is 4.11. The van der Waals surface area contributed by atoms with Crippen LogP contribution in [0, 0.1) is 0 Å². The Morgan fingerprint density at radius 3 is 2.62 bits per heavy atom. The molecule has 32 heavy (non-hydrogen) atoms. The molecule has 0 amide bonds. The quantitative estimate of drug-likeness (QED) is 0.589. The summed E-state index contributed by atoms with van der Waals surface area (Å²) in [6, 6.07) is 7.57. The van der Waals surface area contributed by atoms with Gasteiger partial charge in [0.05, 0.1) is 26.0 Å². The molecule has 168 valence electrons. The molecule has 8 heteroatoms. The highest BCUT2D eigenvalue weighted by Gasteiger charge is 2.27. The number of nitrogens with zero attached hydrogens (tertiary/aromatic N) is 2. The second-order valence-corrected chi connectivity index (χ2v) is 8.15. The molecule has 0 saturated carbocycles. The molecule has 1 aromatic carbocycles. The van der Waals surface area contributed by atoms with Crippen LogP contribution in [0.4, 0.5) is 0 Å². The van der Waals surface area contributed by atoms with Crippen LogP contribution in [0.15, 0.2) is 41.5 Å². The van der Waals surface area contributed by atoms with E-state index in [9.17, 15) is 14.7 Å². The van der Waals surface area contributed by atoms with Gasteiger partial charge in [-0.3, -0.25) is 9.47 Å². The molecule has 3 heterocycles. The van der Waals surface area contributed by atoms with Gasteiger partial charge in [0, 0.05) is 48.4 Å². The number of aromatic carboxylic acids is 1. The van der Waals surface area contributed by atoms with E-state index in [1.165, 1.54) is 12.3 Å². The number of rotatable bonds is 7. The molecule has 1 aliphatic rings. The summed E-state index contributed by atoms with van der Waals surface area (Å²) in [5.74, 6) is -0.563. The molecule has 0 bridgehead atoms. The molecule has 0 atom stereocenters. The molecule has 2 aromatic heterocycles. The van der Waals surface area contributed by atoms with E-state index < -0.39 is 11.4 Å². The zero-order valence-electron chi connectivity index (χ0n) is 18.6. The van der Waals surface area contributed by atoms with Gasteiger partial charge >= 0.3 is 5.97 Å². The maximum atomic E-state index is 12.5. The Hall–Kier alpha value is -3.52. The van der Waals surface area contributed by atoms with E-state index in [-0.39, 0.29) is 11.6 Å². The Labute approximate surface area is 186 Å². The van der Waals surface area contributed by atoms with Crippen molar-refractivity contribution in [2.45, 2.75) is 32.9 Å². The van der Waals surface area contributed by atoms with Gasteiger partial charge < -0.3 is 24.6 Å². The van der Waals surface area contributed by atoms with Crippen LogP contribution in [0.25, 0.3) is 22.5 Å². The van der Waals surface area contributed by atoms with Gasteiger partial charge in [0.2, 0.25) is 0 Å². The van der Waals surface area contributed by atoms with Crippen LogP contribution < -0.4 is 15.2 Å². The van der Waals surface area contributed by atoms with E-state index in [4.69, 9.17) is 9.47 Å². The van der Waals surface area contributed by atoms with E-state index in [0.717, 1.165) is 34.4 Å². The number of ether oxygens (including phenoxy) is 2. The Morgan fingerprint density at radius 2 is 1.97 bits per heavy atom. The summed E-state index contributed by atoms with van der Waals surface area (Å²) in [6.45, 7) is 5.28. The van der Waals surface area contributed by atoms with Gasteiger partial charge in [0.25, 0.3) is 0 Å². The molecule has 4 rings (SSSR count). The van der Waals surface area contributed by atoms with Crippen molar-refractivity contribution in [3.63, 3.8) is 0 Å². The summed E-state index contributed by atoms with van der Waals surface area (Å²) in [5, 5.41) is 11.5. The zero-order valence-corrected chi connectivity index (χ0v) is 18.6. The number of fused-ring (bicyclic) bond motifs is 3. The predicted molar refractivity (Wildman–Crippen MR) is 122 cm³/mol. The lowest BCUT2D eigenvalue weighted by Gasteiger charge is -2.38. The number of carboxylic acid groups (broad SMARTS) is 1. The second kappa shape index (κ2) is 8.55. The molecule has 0 spiro atoms. The first-order valence-corrected chi connectivity index (χ1v) is 10.5. The topological polar surface area (TPSA) is 96.8 Å². The van der Waals surface area contributed by atoms with Gasteiger partial charge in [-0.15, -0.1) is 0 Å². The molecular weight excluding hydrogens is 410 g/mol. The van der Waals surface area contributed by atoms with E-state index in [1.54, 1.807) is 18.9 Å². The third-order valence-corrected chi connectivity index (χ3v) is 5.80. The van der Waals surface area contributed by atoms with Gasteiger partial charge in [-0.1, -0.05) is 0 Å². The van der Waals surface area contributed by atoms with Crippen molar-refractivity contribution in [3.05, 3.63) is 63.6 Å². The van der Waals surface area contributed by atoms with Crippen molar-refractivity contribution < 1.29 is 19.4 Å². The number of hydrogen-bond donors (Lipinski definition) is 2. The van der Waals surface area contributed by atoms with Crippen LogP contribution in [-0.2, 0) is 17.7 Å². The Kier molecular flexibility index (Phi) is 5.80. The summed E-state index contributed by atoms with van der Waals surface area (Å²) in [6.07, 6.45) is 4.19. The van der Waals surface area contributed by atoms with Crippen molar-refractivity contribution in [2.75, 3.05) is 25.8 Å². The highest BCUT2D eigenvalue weighted by Crippen LogP contribution is 2.39. The smallest absolute Gasteiger partial charge is 0.341 e. The lowest BCUT2D eigenvalue weighted by Crippen LogP contribution is -2.44. The minimum atomic E-state index is -1.23. The number of aromatic nitrogens is 2. The molecule has 0 unspecified atom stereocenters. The lowest BCUT2D eigenvalue weighted by atomic mass is 9.95. The first-order chi connectivity index (χ1) is 15.3. The normalized spacial score (nSPS) is 12.6. The van der Waals surface area contributed by atoms with E-state index in [0.29, 0.717) is 24.6 Å². The zero-order chi connectivity index (χ0) is 23.0. The largest absolute Gasteiger partial charge is 0.496 e. The number of hydrogen-bond acceptors (Lipinski definition) is 5. The van der Waals surface area contributed by atoms with Crippen LogP contribution in [0.1, 0.15) is 35.3 Å². The highest BCUT2D eigenvalue weighted by molar-refractivity contribution is 5.88. The number of pyridine rings is 1. The number of carbonyl (C=O) groups is 1. The summed E-state index contributed by atoms with van der Waals surface area (Å²) in [5.41, 5.74) is 4.77. The van der Waals surface area contributed by atoms with Crippen molar-refractivity contribution in [2.24, 2.45) is 0 Å². The van der Waals surface area contributed by atoms with Crippen molar-refractivity contribution >= 4 is 5.97 Å². The molecule has 0 saturated heterocycles. The summed E-state index contributed by atoms with van der Waals surface area (Å²) in [4.78, 5) is 27.4. The number of H-pyrrole nitrogens is 1. The van der Waals surface area contributed by atoms with Gasteiger partial charge in [-0.05, 0) is 49.6 Å². The summed E-state index contributed by atoms with van der Waals surface area (Å²) >= 11 is 0. The maximum Gasteiger partial charge on any atom is 0.341 e. The molecule has 2 N–H and O–H groups in total. The van der Waals surface area contributed by atoms with Gasteiger partial charge in [0.15, 0.2) is 5.43 Å². The number of nitrogens with one attached hydrogen (secondary N) is 1. The first-order valence-electron chi connectivity index (χ1n) is 10.5. The number of methoxy groups -OCH3 is 2. The van der Waals surface area contributed by atoms with Crippen molar-refractivity contribution in [1.29, 1.82) is 0 Å². The standard InChI is InChI=1S/C24H27N3O5/c1-14(2)26-12-16-8-18(20-7-15(11-25-20)5-6-31-3)23(32-4)9-17(16)21-10-22(28)19(24(29)30)13-27(21)26/h7-11,13-14,25H,5-6,12H2,1-4H3,(H,29,30). The maximum absolute atomic E-state index is 12.5. The fourth-order valence-corrected chi connectivity index (χ4v) is 4.11. The predicted octanol–water partition coefficient (Wildman–Crippen LogP) is 3.27. The first kappa shape index (κ1) is 21.7. The average molecular weight is 437 g/mol. The molecule has 0 fully saturated rings. The van der Waals surface area contributed by atoms with Gasteiger partial charge in [0.1, 0.15) is 11.3 Å². The lowest BCUT2D eigenvalue weighted by molar-refractivity contribution is 0.0694. The number of carboxylic acids is 1. The molecule has 8 nitrogen and oxygen atoms in total. The summed E-state index contributed by atoms with van der Waals surface area (Å²) in [7, 11) is 3.30. The van der Waals surface area contributed by atoms with Crippen LogP contribution in [0.3, 0.4) is 0 Å². The van der Waals surface area contributed by atoms with Crippen LogP contribution in [0.5, 0.6) is 5.75 Å². The van der Waals surface area contributed by atoms with Crippen molar-refractivity contribution in [1.82, 2.24) is 9.66 Å². The van der Waals surface area contributed by atoms with Crippen molar-refractivity contribution in [3.8, 4) is 28.3 Å². The van der Waals surface area contributed by atoms with Gasteiger partial charge in [-0.25, -0.2) is 4.79 Å². The number of aromatic amines is 1. The summed E-state index contributed by atoms with van der Waals surface area (Å²) < 4.78 is 12.6. The Bertz CT molecular complexity index is 1220. The fraction of sp³-hybridized carbons (Fsp3) is 0.333. The van der Waals surface area contributed by atoms with E-state index in [2.05, 4.69) is 17.1 Å². The van der Waals surface area contributed by atoms with Crippen LogP contribution >= 0.6 is 0 Å². The van der Waals surface area contributed by atoms with E-state index in [1.807, 2.05) is 31.1 Å². The highest BCUT2D eigenvalue weighted by atomic mass is 16.5. The Balaban J connectivity index is 1.87. The molecular formula is C24H27N3O5. The molecule has 3 aromatic rings. The SMILES string of the molecule is COCCc1c[nH]c(-c2cc3c(cc2OC)-c2cc(=O)c(C(=O)O)cn2N(C(C)C)C3)c1. The minimum absolute atomic E-state index is 0.0859. The van der Waals surface area contributed by atoms with E-state index >= 15 is 0 Å². The van der Waals surface area contributed by atoms with Crippen LogP contribution in [0.2, 0.25) is 0 Å². The monoisotopic (exact) mass is 437 g/mol. The second-order valence-electron chi connectivity index (χ2n) is 8.15. The Morgan fingerprint density at radius 1 is 1.19 bits per heavy atom. The molecule has 1 aliphatic heterocycles. The molecule has 0 radical (unpaired) electrons. The average Bonchev–Trinajstić information content (AvgIpc) is 3.24.